The molecule has 2 atom stereocenters. The summed E-state index contributed by atoms with van der Waals surface area (Å²) in [6.45, 7) is 5.15. The van der Waals surface area contributed by atoms with Crippen LogP contribution >= 0.6 is 0 Å². The third-order valence-corrected chi connectivity index (χ3v) is 3.40. The van der Waals surface area contributed by atoms with Crippen LogP contribution in [0.4, 0.5) is 14.5 Å². The SMILES string of the molecule is CC1CN(c2c(F)cc(CCN)cc2F)C(C)CO1. The van der Waals surface area contributed by atoms with E-state index >= 15 is 0 Å². The van der Waals surface area contributed by atoms with E-state index in [1.54, 1.807) is 4.90 Å². The third kappa shape index (κ3) is 3.04. The van der Waals surface area contributed by atoms with Gasteiger partial charge in [0.1, 0.15) is 17.3 Å². The molecule has 1 aromatic rings. The number of anilines is 1. The maximum Gasteiger partial charge on any atom is 0.149 e. The Labute approximate surface area is 112 Å². The lowest BCUT2D eigenvalue weighted by atomic mass is 10.1. The van der Waals surface area contributed by atoms with Gasteiger partial charge in [-0.2, -0.15) is 0 Å². The third-order valence-electron chi connectivity index (χ3n) is 3.40. The summed E-state index contributed by atoms with van der Waals surface area (Å²) in [6.07, 6.45) is 0.446. The summed E-state index contributed by atoms with van der Waals surface area (Å²) in [5, 5.41) is 0. The lowest BCUT2D eigenvalue weighted by Crippen LogP contribution is -2.48. The largest absolute Gasteiger partial charge is 0.375 e. The number of benzene rings is 1. The van der Waals surface area contributed by atoms with Crippen LogP contribution in [-0.4, -0.2) is 31.8 Å². The van der Waals surface area contributed by atoms with Crippen LogP contribution in [-0.2, 0) is 11.2 Å². The molecule has 2 unspecified atom stereocenters. The number of nitrogens with two attached hydrogens (primary N) is 1. The van der Waals surface area contributed by atoms with Crippen molar-refractivity contribution in [2.24, 2.45) is 5.73 Å². The second-order valence-corrected chi connectivity index (χ2v) is 5.09. The normalized spacial score (nSPS) is 23.7. The molecular formula is C14H20F2N2O. The fourth-order valence-electron chi connectivity index (χ4n) is 2.42. The minimum absolute atomic E-state index is 0.0290. The molecule has 1 heterocycles. The molecule has 5 heteroatoms. The Balaban J connectivity index is 2.33. The fourth-order valence-corrected chi connectivity index (χ4v) is 2.42. The molecular weight excluding hydrogens is 250 g/mol. The maximum atomic E-state index is 14.2. The maximum absolute atomic E-state index is 14.2. The Bertz CT molecular complexity index is 430. The minimum atomic E-state index is -0.524. The molecule has 2 rings (SSSR count). The molecule has 1 aliphatic rings. The highest BCUT2D eigenvalue weighted by molar-refractivity contribution is 5.52. The van der Waals surface area contributed by atoms with Crippen molar-refractivity contribution in [3.8, 4) is 0 Å². The van der Waals surface area contributed by atoms with Crippen LogP contribution < -0.4 is 10.6 Å². The molecule has 1 aliphatic heterocycles. The molecule has 1 aromatic carbocycles. The number of halogens is 2. The van der Waals surface area contributed by atoms with Crippen molar-refractivity contribution < 1.29 is 13.5 Å². The summed E-state index contributed by atoms with van der Waals surface area (Å²) >= 11 is 0. The van der Waals surface area contributed by atoms with Crippen molar-refractivity contribution in [2.75, 3.05) is 24.6 Å². The van der Waals surface area contributed by atoms with Crippen LogP contribution in [0.3, 0.4) is 0 Å². The molecule has 1 saturated heterocycles. The van der Waals surface area contributed by atoms with E-state index in [2.05, 4.69) is 0 Å². The zero-order valence-corrected chi connectivity index (χ0v) is 11.3. The summed E-state index contributed by atoms with van der Waals surface area (Å²) < 4.78 is 33.8. The molecule has 3 nitrogen and oxygen atoms in total. The van der Waals surface area contributed by atoms with Crippen molar-refractivity contribution in [3.05, 3.63) is 29.3 Å². The first-order valence-corrected chi connectivity index (χ1v) is 6.59. The summed E-state index contributed by atoms with van der Waals surface area (Å²) in [7, 11) is 0. The molecule has 0 aromatic heterocycles. The quantitative estimate of drug-likeness (QED) is 0.914. The first kappa shape index (κ1) is 14.2. The Hall–Kier alpha value is -1.20. The van der Waals surface area contributed by atoms with Gasteiger partial charge in [-0.05, 0) is 44.5 Å². The van der Waals surface area contributed by atoms with Gasteiger partial charge in [0.05, 0.1) is 12.7 Å². The van der Waals surface area contributed by atoms with Gasteiger partial charge in [-0.15, -0.1) is 0 Å². The van der Waals surface area contributed by atoms with E-state index in [0.29, 0.717) is 31.7 Å². The van der Waals surface area contributed by atoms with Gasteiger partial charge in [-0.1, -0.05) is 0 Å². The molecule has 0 amide bonds. The number of hydrogen-bond acceptors (Lipinski definition) is 3. The van der Waals surface area contributed by atoms with Gasteiger partial charge >= 0.3 is 0 Å². The van der Waals surface area contributed by atoms with Gasteiger partial charge in [0.15, 0.2) is 0 Å². The van der Waals surface area contributed by atoms with Gasteiger partial charge in [-0.25, -0.2) is 8.78 Å². The Morgan fingerprint density at radius 1 is 1.32 bits per heavy atom. The monoisotopic (exact) mass is 270 g/mol. The molecule has 19 heavy (non-hydrogen) atoms. The average Bonchev–Trinajstić information content (AvgIpc) is 2.33. The van der Waals surface area contributed by atoms with Crippen molar-refractivity contribution in [1.82, 2.24) is 0 Å². The number of rotatable bonds is 3. The van der Waals surface area contributed by atoms with Gasteiger partial charge < -0.3 is 15.4 Å². The van der Waals surface area contributed by atoms with Crippen LogP contribution in [0.2, 0.25) is 0 Å². The average molecular weight is 270 g/mol. The van der Waals surface area contributed by atoms with E-state index in [-0.39, 0.29) is 17.8 Å². The number of hydrogen-bond donors (Lipinski definition) is 1. The summed E-state index contributed by atoms with van der Waals surface area (Å²) in [5.41, 5.74) is 6.05. The van der Waals surface area contributed by atoms with E-state index in [9.17, 15) is 8.78 Å². The predicted octanol–water partition coefficient (Wildman–Crippen LogP) is 2.08. The number of ether oxygens (including phenoxy) is 1. The smallest absolute Gasteiger partial charge is 0.149 e. The van der Waals surface area contributed by atoms with Crippen LogP contribution in [0.15, 0.2) is 12.1 Å². The Morgan fingerprint density at radius 3 is 2.53 bits per heavy atom. The topological polar surface area (TPSA) is 38.5 Å². The highest BCUT2D eigenvalue weighted by Crippen LogP contribution is 2.29. The van der Waals surface area contributed by atoms with Crippen molar-refractivity contribution in [3.63, 3.8) is 0 Å². The second-order valence-electron chi connectivity index (χ2n) is 5.09. The lowest BCUT2D eigenvalue weighted by Gasteiger charge is -2.38. The first-order chi connectivity index (χ1) is 9.02. The number of nitrogens with zero attached hydrogens (tertiary/aromatic N) is 1. The summed E-state index contributed by atoms with van der Waals surface area (Å²) in [5.74, 6) is -1.05. The Kier molecular flexibility index (Phi) is 4.37. The van der Waals surface area contributed by atoms with Crippen molar-refractivity contribution in [2.45, 2.75) is 32.4 Å². The summed E-state index contributed by atoms with van der Waals surface area (Å²) in [4.78, 5) is 1.74. The molecule has 2 N–H and O–H groups in total. The van der Waals surface area contributed by atoms with E-state index in [4.69, 9.17) is 10.5 Å². The van der Waals surface area contributed by atoms with Crippen LogP contribution in [0, 0.1) is 11.6 Å². The predicted molar refractivity (Wildman–Crippen MR) is 71.3 cm³/mol. The van der Waals surface area contributed by atoms with Crippen LogP contribution in [0.1, 0.15) is 19.4 Å². The molecule has 1 fully saturated rings. The van der Waals surface area contributed by atoms with Crippen molar-refractivity contribution in [1.29, 1.82) is 0 Å². The highest BCUT2D eigenvalue weighted by atomic mass is 19.1. The first-order valence-electron chi connectivity index (χ1n) is 6.59. The van der Waals surface area contributed by atoms with E-state index in [0.717, 1.165) is 0 Å². The van der Waals surface area contributed by atoms with Gasteiger partial charge in [0, 0.05) is 12.6 Å². The second kappa shape index (κ2) is 5.84. The van der Waals surface area contributed by atoms with Crippen LogP contribution in [0.25, 0.3) is 0 Å². The molecule has 106 valence electrons. The molecule has 0 radical (unpaired) electrons. The van der Waals surface area contributed by atoms with Gasteiger partial charge in [0.2, 0.25) is 0 Å². The minimum Gasteiger partial charge on any atom is -0.375 e. The highest BCUT2D eigenvalue weighted by Gasteiger charge is 2.28. The molecule has 0 spiro atoms. The molecule has 0 bridgehead atoms. The summed E-state index contributed by atoms with van der Waals surface area (Å²) in [6, 6.07) is 2.71. The zero-order valence-electron chi connectivity index (χ0n) is 11.3. The standard InChI is InChI=1S/C14H20F2N2O/c1-9-8-19-10(2)7-18(9)14-12(15)5-11(3-4-17)6-13(14)16/h5-6,9-10H,3-4,7-8,17H2,1-2H3. The fraction of sp³-hybridized carbons (Fsp3) is 0.571. The van der Waals surface area contributed by atoms with Crippen LogP contribution in [0.5, 0.6) is 0 Å². The van der Waals surface area contributed by atoms with Gasteiger partial charge in [0.25, 0.3) is 0 Å². The van der Waals surface area contributed by atoms with E-state index in [1.165, 1.54) is 12.1 Å². The van der Waals surface area contributed by atoms with E-state index < -0.39 is 11.6 Å². The van der Waals surface area contributed by atoms with E-state index in [1.807, 2.05) is 13.8 Å². The number of morpholine rings is 1. The molecule has 0 saturated carbocycles. The van der Waals surface area contributed by atoms with Crippen molar-refractivity contribution >= 4 is 5.69 Å². The zero-order chi connectivity index (χ0) is 14.0. The van der Waals surface area contributed by atoms with Gasteiger partial charge in [-0.3, -0.25) is 0 Å². The Morgan fingerprint density at radius 2 is 1.95 bits per heavy atom. The molecule has 0 aliphatic carbocycles. The lowest BCUT2D eigenvalue weighted by molar-refractivity contribution is 0.0338.